The summed E-state index contributed by atoms with van der Waals surface area (Å²) in [6.45, 7) is 4.09. The molecule has 2 amide bonds. The van der Waals surface area contributed by atoms with Gasteiger partial charge in [0.15, 0.2) is 0 Å². The number of nitrogens with zero attached hydrogens (tertiary/aromatic N) is 1. The highest BCUT2D eigenvalue weighted by Gasteiger charge is 2.19. The molecular weight excluding hydrogens is 208 g/mol. The van der Waals surface area contributed by atoms with Gasteiger partial charge in [-0.05, 0) is 19.8 Å². The summed E-state index contributed by atoms with van der Waals surface area (Å²) in [4.78, 5) is 24.4. The van der Waals surface area contributed by atoms with E-state index < -0.39 is 0 Å². The van der Waals surface area contributed by atoms with Gasteiger partial charge in [0.1, 0.15) is 0 Å². The molecule has 0 aliphatic carbocycles. The third kappa shape index (κ3) is 4.16. The predicted molar refractivity (Wildman–Crippen MR) is 60.2 cm³/mol. The van der Waals surface area contributed by atoms with Crippen molar-refractivity contribution >= 4 is 11.8 Å². The second-order valence-electron chi connectivity index (χ2n) is 4.13. The molecule has 0 spiro atoms. The van der Waals surface area contributed by atoms with Crippen LogP contribution in [0.4, 0.5) is 0 Å². The van der Waals surface area contributed by atoms with Crippen molar-refractivity contribution in [1.82, 2.24) is 15.6 Å². The summed E-state index contributed by atoms with van der Waals surface area (Å²) in [7, 11) is 0. The molecule has 1 atom stereocenters. The molecule has 1 aliphatic heterocycles. The summed E-state index contributed by atoms with van der Waals surface area (Å²) >= 11 is 0. The van der Waals surface area contributed by atoms with Crippen LogP contribution in [0.15, 0.2) is 0 Å². The number of rotatable bonds is 4. The van der Waals surface area contributed by atoms with E-state index >= 15 is 0 Å². The standard InChI is InChI=1S/C10H20N4O2/c1-8(3-4-9(15)13-11)14-6-2-5-12-10(16)7-14/h8H,2-7,11H2,1H3,(H,12,16)(H,13,15). The molecule has 0 aromatic carbocycles. The van der Waals surface area contributed by atoms with Crippen molar-refractivity contribution in [3.8, 4) is 0 Å². The molecule has 1 heterocycles. The molecule has 1 fully saturated rings. The van der Waals surface area contributed by atoms with Crippen molar-refractivity contribution in [2.45, 2.75) is 32.2 Å². The van der Waals surface area contributed by atoms with E-state index in [1.165, 1.54) is 0 Å². The van der Waals surface area contributed by atoms with Gasteiger partial charge < -0.3 is 5.32 Å². The van der Waals surface area contributed by atoms with Crippen LogP contribution in [0.1, 0.15) is 26.2 Å². The van der Waals surface area contributed by atoms with Crippen molar-refractivity contribution in [1.29, 1.82) is 0 Å². The molecule has 0 aromatic rings. The van der Waals surface area contributed by atoms with Gasteiger partial charge in [0, 0.05) is 25.6 Å². The highest BCUT2D eigenvalue weighted by molar-refractivity contribution is 5.78. The Hall–Kier alpha value is -1.14. The topological polar surface area (TPSA) is 87.5 Å². The lowest BCUT2D eigenvalue weighted by molar-refractivity contribution is -0.122. The lowest BCUT2D eigenvalue weighted by Crippen LogP contribution is -2.39. The van der Waals surface area contributed by atoms with E-state index in [0.717, 1.165) is 25.9 Å². The maximum Gasteiger partial charge on any atom is 0.234 e. The van der Waals surface area contributed by atoms with E-state index in [2.05, 4.69) is 15.6 Å². The van der Waals surface area contributed by atoms with Crippen LogP contribution in [0.25, 0.3) is 0 Å². The zero-order chi connectivity index (χ0) is 12.0. The minimum atomic E-state index is -0.161. The average Bonchev–Trinajstić information content (AvgIpc) is 2.50. The summed E-state index contributed by atoms with van der Waals surface area (Å²) in [5, 5.41) is 2.83. The Labute approximate surface area is 95.5 Å². The molecule has 0 aromatic heterocycles. The molecule has 6 heteroatoms. The van der Waals surface area contributed by atoms with Gasteiger partial charge in [-0.2, -0.15) is 0 Å². The van der Waals surface area contributed by atoms with Gasteiger partial charge in [-0.3, -0.25) is 19.9 Å². The van der Waals surface area contributed by atoms with Crippen molar-refractivity contribution in [3.05, 3.63) is 0 Å². The fourth-order valence-electron chi connectivity index (χ4n) is 1.80. The third-order valence-electron chi connectivity index (χ3n) is 2.86. The Morgan fingerprint density at radius 2 is 2.44 bits per heavy atom. The molecule has 1 rings (SSSR count). The van der Waals surface area contributed by atoms with E-state index in [0.29, 0.717) is 13.0 Å². The molecule has 6 nitrogen and oxygen atoms in total. The molecule has 0 bridgehead atoms. The van der Waals surface area contributed by atoms with Gasteiger partial charge in [0.25, 0.3) is 0 Å². The van der Waals surface area contributed by atoms with E-state index in [1.54, 1.807) is 0 Å². The molecule has 4 N–H and O–H groups in total. The van der Waals surface area contributed by atoms with E-state index in [-0.39, 0.29) is 17.9 Å². The van der Waals surface area contributed by atoms with Crippen LogP contribution in [-0.4, -0.2) is 42.4 Å². The molecule has 1 unspecified atom stereocenters. The van der Waals surface area contributed by atoms with Crippen LogP contribution < -0.4 is 16.6 Å². The number of hydrogen-bond acceptors (Lipinski definition) is 4. The van der Waals surface area contributed by atoms with E-state index in [9.17, 15) is 9.59 Å². The lowest BCUT2D eigenvalue weighted by atomic mass is 10.1. The van der Waals surface area contributed by atoms with Gasteiger partial charge in [0.2, 0.25) is 11.8 Å². The van der Waals surface area contributed by atoms with Crippen LogP contribution in [0.5, 0.6) is 0 Å². The first-order chi connectivity index (χ1) is 7.63. The normalized spacial score (nSPS) is 19.8. The lowest BCUT2D eigenvalue weighted by Gasteiger charge is -2.26. The van der Waals surface area contributed by atoms with Crippen LogP contribution in [0.2, 0.25) is 0 Å². The number of hydrazine groups is 1. The number of hydrogen-bond donors (Lipinski definition) is 3. The van der Waals surface area contributed by atoms with E-state index in [4.69, 9.17) is 5.84 Å². The Kier molecular flexibility index (Phi) is 5.21. The summed E-state index contributed by atoms with van der Waals surface area (Å²) in [6, 6.07) is 0.223. The Morgan fingerprint density at radius 3 is 3.12 bits per heavy atom. The van der Waals surface area contributed by atoms with Crippen molar-refractivity contribution in [3.63, 3.8) is 0 Å². The molecule has 0 radical (unpaired) electrons. The second kappa shape index (κ2) is 6.44. The average molecular weight is 228 g/mol. The van der Waals surface area contributed by atoms with Gasteiger partial charge in [0.05, 0.1) is 6.54 Å². The number of carbonyl (C=O) groups excluding carboxylic acids is 2. The van der Waals surface area contributed by atoms with Gasteiger partial charge in [-0.15, -0.1) is 0 Å². The van der Waals surface area contributed by atoms with Crippen LogP contribution in [0, 0.1) is 0 Å². The molecular formula is C10H20N4O2. The van der Waals surface area contributed by atoms with Crippen molar-refractivity contribution in [2.75, 3.05) is 19.6 Å². The third-order valence-corrected chi connectivity index (χ3v) is 2.86. The number of carbonyl (C=O) groups is 2. The highest BCUT2D eigenvalue weighted by atomic mass is 16.2. The fraction of sp³-hybridized carbons (Fsp3) is 0.800. The first-order valence-electron chi connectivity index (χ1n) is 5.63. The number of amides is 2. The molecule has 1 saturated heterocycles. The minimum Gasteiger partial charge on any atom is -0.355 e. The summed E-state index contributed by atoms with van der Waals surface area (Å²) in [5.41, 5.74) is 2.11. The summed E-state index contributed by atoms with van der Waals surface area (Å²) < 4.78 is 0. The zero-order valence-electron chi connectivity index (χ0n) is 9.66. The second-order valence-corrected chi connectivity index (χ2v) is 4.13. The first-order valence-corrected chi connectivity index (χ1v) is 5.63. The quantitative estimate of drug-likeness (QED) is 0.326. The monoisotopic (exact) mass is 228 g/mol. The van der Waals surface area contributed by atoms with Crippen LogP contribution >= 0.6 is 0 Å². The Bertz CT molecular complexity index is 257. The van der Waals surface area contributed by atoms with Crippen molar-refractivity contribution < 1.29 is 9.59 Å². The van der Waals surface area contributed by atoms with Crippen LogP contribution in [0.3, 0.4) is 0 Å². The largest absolute Gasteiger partial charge is 0.355 e. The SMILES string of the molecule is CC(CCC(=O)NN)N1CCCNC(=O)C1. The number of nitrogens with one attached hydrogen (secondary N) is 2. The summed E-state index contributed by atoms with van der Waals surface area (Å²) in [6.07, 6.45) is 2.07. The van der Waals surface area contributed by atoms with Gasteiger partial charge in [-0.1, -0.05) is 0 Å². The van der Waals surface area contributed by atoms with Gasteiger partial charge in [-0.25, -0.2) is 5.84 Å². The molecule has 92 valence electrons. The first kappa shape index (κ1) is 12.9. The van der Waals surface area contributed by atoms with Gasteiger partial charge >= 0.3 is 0 Å². The number of nitrogens with two attached hydrogens (primary N) is 1. The maximum atomic E-state index is 11.3. The van der Waals surface area contributed by atoms with Crippen LogP contribution in [-0.2, 0) is 9.59 Å². The Morgan fingerprint density at radius 1 is 1.69 bits per heavy atom. The minimum absolute atomic E-state index is 0.0626. The smallest absolute Gasteiger partial charge is 0.234 e. The van der Waals surface area contributed by atoms with E-state index in [1.807, 2.05) is 6.92 Å². The molecule has 16 heavy (non-hydrogen) atoms. The molecule has 1 aliphatic rings. The fourth-order valence-corrected chi connectivity index (χ4v) is 1.80. The van der Waals surface area contributed by atoms with Crippen molar-refractivity contribution in [2.24, 2.45) is 5.84 Å². The Balaban J connectivity index is 2.36. The maximum absolute atomic E-state index is 11.3. The highest BCUT2D eigenvalue weighted by Crippen LogP contribution is 2.08. The molecule has 0 saturated carbocycles. The zero-order valence-corrected chi connectivity index (χ0v) is 9.66. The summed E-state index contributed by atoms with van der Waals surface area (Å²) in [5.74, 6) is 4.91. The predicted octanol–water partition coefficient (Wildman–Crippen LogP) is -1.03.